The van der Waals surface area contributed by atoms with E-state index in [1.165, 1.54) is 24.3 Å². The van der Waals surface area contributed by atoms with Crippen LogP contribution in [0.3, 0.4) is 0 Å². The predicted octanol–water partition coefficient (Wildman–Crippen LogP) is 3.59. The lowest BCUT2D eigenvalue weighted by atomic mass is 9.93. The summed E-state index contributed by atoms with van der Waals surface area (Å²) in [6, 6.07) is 8.95. The van der Waals surface area contributed by atoms with Crippen molar-refractivity contribution in [1.82, 2.24) is 15.3 Å². The highest BCUT2D eigenvalue weighted by Crippen LogP contribution is 2.43. The van der Waals surface area contributed by atoms with Crippen LogP contribution in [0.15, 0.2) is 47.4 Å². The molecule has 0 spiro atoms. The van der Waals surface area contributed by atoms with E-state index in [1.807, 2.05) is 19.0 Å². The summed E-state index contributed by atoms with van der Waals surface area (Å²) >= 11 is 0. The molecule has 6 nitrogen and oxygen atoms in total. The highest BCUT2D eigenvalue weighted by molar-refractivity contribution is 7.90. The van der Waals surface area contributed by atoms with Gasteiger partial charge >= 0.3 is 6.18 Å². The van der Waals surface area contributed by atoms with E-state index in [0.717, 1.165) is 6.26 Å². The summed E-state index contributed by atoms with van der Waals surface area (Å²) in [6.45, 7) is 2.58. The molecule has 33 heavy (non-hydrogen) atoms. The molecule has 1 aliphatic rings. The zero-order valence-corrected chi connectivity index (χ0v) is 20.0. The number of rotatable bonds is 7. The summed E-state index contributed by atoms with van der Waals surface area (Å²) in [7, 11) is 1.76. The van der Waals surface area contributed by atoms with Gasteiger partial charge in [0.05, 0.1) is 17.7 Å². The largest absolute Gasteiger partial charge is 0.496 e. The number of nitrogens with zero attached hydrogens (tertiary/aromatic N) is 2. The van der Waals surface area contributed by atoms with E-state index in [1.54, 1.807) is 37.3 Å². The number of alkyl halides is 3. The Morgan fingerprint density at radius 1 is 1.09 bits per heavy atom. The Hall–Kier alpha value is -2.56. The molecule has 3 rings (SSSR count). The number of methoxy groups -OCH3 is 1. The maximum Gasteiger partial charge on any atom is 0.409 e. The molecule has 1 heterocycles. The molecule has 10 heteroatoms. The van der Waals surface area contributed by atoms with Crippen LogP contribution in [0, 0.1) is 6.92 Å². The third kappa shape index (κ3) is 5.51. The highest BCUT2D eigenvalue weighted by atomic mass is 32.2. The molecule has 1 atom stereocenters. The second-order valence-corrected chi connectivity index (χ2v) is 10.3. The Morgan fingerprint density at radius 2 is 1.70 bits per heavy atom. The molecule has 0 saturated heterocycles. The van der Waals surface area contributed by atoms with Gasteiger partial charge in [0.25, 0.3) is 0 Å². The second kappa shape index (κ2) is 9.36. The van der Waals surface area contributed by atoms with Gasteiger partial charge in [0, 0.05) is 24.9 Å². The molecule has 2 aromatic carbocycles. The average molecular weight is 484 g/mol. The molecule has 1 aliphatic heterocycles. The quantitative estimate of drug-likeness (QED) is 0.650. The summed E-state index contributed by atoms with van der Waals surface area (Å²) < 4.78 is 71.6. The van der Waals surface area contributed by atoms with Crippen molar-refractivity contribution in [3.8, 4) is 5.75 Å². The Balaban J connectivity index is 2.24. The van der Waals surface area contributed by atoms with Gasteiger partial charge in [-0.1, -0.05) is 18.2 Å². The van der Waals surface area contributed by atoms with E-state index in [2.05, 4.69) is 5.43 Å². The molecule has 0 radical (unpaired) electrons. The number of hydrogen-bond acceptors (Lipinski definition) is 6. The Morgan fingerprint density at radius 3 is 2.18 bits per heavy atom. The fourth-order valence-electron chi connectivity index (χ4n) is 3.80. The first-order chi connectivity index (χ1) is 15.3. The van der Waals surface area contributed by atoms with Crippen LogP contribution in [0.4, 0.5) is 13.2 Å². The van der Waals surface area contributed by atoms with E-state index in [0.29, 0.717) is 41.2 Å². The number of halogens is 3. The molecule has 0 bridgehead atoms. The number of likely N-dealkylation sites (N-methyl/N-ethyl adjacent to an activating group) is 1. The molecular formula is C23H28F3N3O3S. The van der Waals surface area contributed by atoms with Crippen molar-refractivity contribution in [2.45, 2.75) is 24.0 Å². The Labute approximate surface area is 192 Å². The molecule has 0 amide bonds. The van der Waals surface area contributed by atoms with Crippen LogP contribution in [-0.4, -0.2) is 71.1 Å². The second-order valence-electron chi connectivity index (χ2n) is 8.30. The lowest BCUT2D eigenvalue weighted by Gasteiger charge is -2.26. The van der Waals surface area contributed by atoms with Crippen molar-refractivity contribution in [3.05, 3.63) is 59.2 Å². The van der Waals surface area contributed by atoms with Gasteiger partial charge in [0.1, 0.15) is 11.8 Å². The minimum Gasteiger partial charge on any atom is -0.496 e. The van der Waals surface area contributed by atoms with Crippen LogP contribution in [0.2, 0.25) is 0 Å². The molecule has 0 aromatic heterocycles. The van der Waals surface area contributed by atoms with Gasteiger partial charge in [-0.3, -0.25) is 0 Å². The first-order valence-electron chi connectivity index (χ1n) is 10.3. The van der Waals surface area contributed by atoms with Crippen LogP contribution >= 0.6 is 0 Å². The molecule has 0 saturated carbocycles. The monoisotopic (exact) mass is 483 g/mol. The number of aryl methyl sites for hydroxylation is 1. The van der Waals surface area contributed by atoms with Gasteiger partial charge in [0.15, 0.2) is 9.84 Å². The molecule has 1 unspecified atom stereocenters. The number of nitrogens with one attached hydrogen (secondary N) is 1. The number of ether oxygens (including phenoxy) is 1. The summed E-state index contributed by atoms with van der Waals surface area (Å²) in [6.07, 6.45) is -3.46. The van der Waals surface area contributed by atoms with E-state index in [9.17, 15) is 21.6 Å². The number of hydrazine groups is 1. The van der Waals surface area contributed by atoms with Gasteiger partial charge in [-0.25, -0.2) is 13.8 Å². The van der Waals surface area contributed by atoms with Crippen LogP contribution in [0.1, 0.15) is 16.7 Å². The third-order valence-electron chi connectivity index (χ3n) is 5.46. The average Bonchev–Trinajstić information content (AvgIpc) is 3.11. The van der Waals surface area contributed by atoms with Crippen molar-refractivity contribution in [3.63, 3.8) is 0 Å². The molecule has 0 aliphatic carbocycles. The van der Waals surface area contributed by atoms with E-state index < -0.39 is 22.1 Å². The van der Waals surface area contributed by atoms with Crippen LogP contribution in [0.25, 0.3) is 11.3 Å². The van der Waals surface area contributed by atoms with E-state index in [-0.39, 0.29) is 10.5 Å². The first kappa shape index (κ1) is 25.1. The van der Waals surface area contributed by atoms with E-state index in [4.69, 9.17) is 4.74 Å². The van der Waals surface area contributed by atoms with Gasteiger partial charge < -0.3 is 14.6 Å². The van der Waals surface area contributed by atoms with Crippen LogP contribution in [0.5, 0.6) is 5.75 Å². The standard InChI is InChI=1S/C23H28F3N3O3S/c1-15-14-17(8-11-19(15)32-4)20-21(16-6-9-18(10-7-16)33(5,30)31)29(13-12-28(2)3)27-22(20)23(24,25)26/h6-11,14,22,27H,12-13H2,1-5H3. The smallest absolute Gasteiger partial charge is 0.409 e. The van der Waals surface area contributed by atoms with Crippen molar-refractivity contribution in [2.24, 2.45) is 0 Å². The maximum absolute atomic E-state index is 14.2. The SMILES string of the molecule is COc1ccc(C2=C(c3ccc(S(C)(=O)=O)cc3)N(CCN(C)C)NC2C(F)(F)F)cc1C. The third-order valence-corrected chi connectivity index (χ3v) is 6.59. The lowest BCUT2D eigenvalue weighted by Crippen LogP contribution is -2.47. The van der Waals surface area contributed by atoms with Gasteiger partial charge in [0.2, 0.25) is 0 Å². The molecule has 2 aromatic rings. The zero-order valence-electron chi connectivity index (χ0n) is 19.2. The van der Waals surface area contributed by atoms with Crippen LogP contribution < -0.4 is 10.2 Å². The normalized spacial score (nSPS) is 17.2. The Kier molecular flexibility index (Phi) is 7.11. The van der Waals surface area contributed by atoms with Crippen molar-refractivity contribution in [2.75, 3.05) is 40.6 Å². The lowest BCUT2D eigenvalue weighted by molar-refractivity contribution is -0.147. The number of hydrogen-bond donors (Lipinski definition) is 1. The van der Waals surface area contributed by atoms with Crippen molar-refractivity contribution >= 4 is 21.1 Å². The minimum atomic E-state index is -4.55. The molecular weight excluding hydrogens is 455 g/mol. The number of sulfone groups is 1. The van der Waals surface area contributed by atoms with Crippen molar-refractivity contribution in [1.29, 1.82) is 0 Å². The highest BCUT2D eigenvalue weighted by Gasteiger charge is 2.49. The fourth-order valence-corrected chi connectivity index (χ4v) is 4.43. The van der Waals surface area contributed by atoms with Gasteiger partial charge in [-0.2, -0.15) is 13.2 Å². The first-order valence-corrected chi connectivity index (χ1v) is 12.2. The summed E-state index contributed by atoms with van der Waals surface area (Å²) in [5.74, 6) is 0.581. The topological polar surface area (TPSA) is 61.9 Å². The molecule has 180 valence electrons. The minimum absolute atomic E-state index is 0.0825. The fraction of sp³-hybridized carbons (Fsp3) is 0.391. The zero-order chi connectivity index (χ0) is 24.6. The van der Waals surface area contributed by atoms with E-state index >= 15 is 0 Å². The summed E-state index contributed by atoms with van der Waals surface area (Å²) in [5, 5.41) is 1.50. The van der Waals surface area contributed by atoms with Gasteiger partial charge in [-0.05, 0) is 62.0 Å². The van der Waals surface area contributed by atoms with Gasteiger partial charge in [-0.15, -0.1) is 0 Å². The Bertz CT molecular complexity index is 1140. The summed E-state index contributed by atoms with van der Waals surface area (Å²) in [5.41, 5.74) is 4.70. The molecule has 1 N–H and O–H groups in total. The van der Waals surface area contributed by atoms with Crippen LogP contribution in [-0.2, 0) is 9.84 Å². The number of benzene rings is 2. The molecule has 0 fully saturated rings. The predicted molar refractivity (Wildman–Crippen MR) is 122 cm³/mol. The van der Waals surface area contributed by atoms with Crippen molar-refractivity contribution < 1.29 is 26.3 Å². The maximum atomic E-state index is 14.2. The summed E-state index contributed by atoms with van der Waals surface area (Å²) in [4.78, 5) is 1.98.